The molecule has 1 rings (SSSR count). The van der Waals surface area contributed by atoms with Crippen LogP contribution in [0.25, 0.3) is 0 Å². The minimum atomic E-state index is -1.17. The first kappa shape index (κ1) is 19.1. The predicted molar refractivity (Wildman–Crippen MR) is 107 cm³/mol. The fourth-order valence-electron chi connectivity index (χ4n) is 3.41. The summed E-state index contributed by atoms with van der Waals surface area (Å²) >= 11 is 0. The van der Waals surface area contributed by atoms with E-state index in [4.69, 9.17) is 0 Å². The van der Waals surface area contributed by atoms with Gasteiger partial charge >= 0.3 is 0 Å². The van der Waals surface area contributed by atoms with Crippen molar-refractivity contribution in [2.45, 2.75) is 71.8 Å². The molecule has 0 aromatic rings. The minimum absolute atomic E-state index is 0.705. The third kappa shape index (κ3) is 6.00. The number of hydrogen-bond acceptors (Lipinski definition) is 1. The van der Waals surface area contributed by atoms with Crippen molar-refractivity contribution in [1.29, 1.82) is 0 Å². The van der Waals surface area contributed by atoms with E-state index in [0.29, 0.717) is 5.92 Å². The molecule has 1 nitrogen and oxygen atoms in total. The molecule has 0 aromatic heterocycles. The van der Waals surface area contributed by atoms with Crippen LogP contribution in [0.4, 0.5) is 0 Å². The van der Waals surface area contributed by atoms with Crippen LogP contribution in [0.1, 0.15) is 12.8 Å². The average Bonchev–Trinajstić information content (AvgIpc) is 2.68. The van der Waals surface area contributed by atoms with E-state index < -0.39 is 24.5 Å². The fraction of sp³-hybridized carbons (Fsp3) is 0.765. The summed E-state index contributed by atoms with van der Waals surface area (Å²) in [7, 11) is -3.46. The predicted octanol–water partition coefficient (Wildman–Crippen LogP) is 5.73. The summed E-state index contributed by atoms with van der Waals surface area (Å²) in [5.41, 5.74) is 0. The van der Waals surface area contributed by atoms with Gasteiger partial charge in [-0.15, -0.1) is 0 Å². The summed E-state index contributed by atoms with van der Waals surface area (Å²) in [6.45, 7) is 23.7. The van der Waals surface area contributed by atoms with E-state index >= 15 is 0 Å². The molecular formula is C17H37NSi3. The maximum atomic E-state index is 2.92. The van der Waals surface area contributed by atoms with E-state index in [1.165, 1.54) is 19.4 Å². The zero-order valence-corrected chi connectivity index (χ0v) is 18.9. The molecule has 0 aromatic carbocycles. The maximum absolute atomic E-state index is 2.92. The SMILES string of the molecule is C[Si](C)(C)C1=CC(CCCN([Si](C)(C)C)[Si](C)(C)C)C=C1. The van der Waals surface area contributed by atoms with Gasteiger partial charge in [0.2, 0.25) is 0 Å². The first-order valence-electron chi connectivity index (χ1n) is 8.50. The highest BCUT2D eigenvalue weighted by Crippen LogP contribution is 2.28. The van der Waals surface area contributed by atoms with E-state index in [9.17, 15) is 0 Å². The Morgan fingerprint density at radius 1 is 0.905 bits per heavy atom. The molecule has 0 bridgehead atoms. The van der Waals surface area contributed by atoms with Crippen molar-refractivity contribution in [2.75, 3.05) is 6.54 Å². The van der Waals surface area contributed by atoms with Crippen LogP contribution in [0.5, 0.6) is 0 Å². The van der Waals surface area contributed by atoms with Gasteiger partial charge in [-0.1, -0.05) is 82.3 Å². The van der Waals surface area contributed by atoms with Gasteiger partial charge in [-0.2, -0.15) is 0 Å². The number of nitrogens with zero attached hydrogens (tertiary/aromatic N) is 1. The molecular weight excluding hydrogens is 302 g/mol. The van der Waals surface area contributed by atoms with Gasteiger partial charge in [-0.25, -0.2) is 0 Å². The monoisotopic (exact) mass is 339 g/mol. The second-order valence-electron chi connectivity index (χ2n) is 9.53. The summed E-state index contributed by atoms with van der Waals surface area (Å²) in [6, 6.07) is 0. The van der Waals surface area contributed by atoms with Crippen molar-refractivity contribution in [3.63, 3.8) is 0 Å². The molecule has 21 heavy (non-hydrogen) atoms. The molecule has 0 spiro atoms. The summed E-state index contributed by atoms with van der Waals surface area (Å²) in [6.07, 6.45) is 10.1. The molecule has 122 valence electrons. The molecule has 0 aliphatic heterocycles. The second-order valence-corrected chi connectivity index (χ2v) is 24.8. The van der Waals surface area contributed by atoms with Gasteiger partial charge in [-0.05, 0) is 25.3 Å². The topological polar surface area (TPSA) is 3.24 Å². The summed E-state index contributed by atoms with van der Waals surface area (Å²) in [5, 5.41) is 1.65. The number of hydrogen-bond donors (Lipinski definition) is 0. The Labute approximate surface area is 136 Å². The van der Waals surface area contributed by atoms with Gasteiger partial charge < -0.3 is 4.23 Å². The molecule has 0 radical (unpaired) electrons. The van der Waals surface area contributed by atoms with Gasteiger partial charge in [0.1, 0.15) is 16.5 Å². The van der Waals surface area contributed by atoms with Crippen molar-refractivity contribution >= 4 is 24.5 Å². The van der Waals surface area contributed by atoms with Crippen molar-refractivity contribution in [3.8, 4) is 0 Å². The Morgan fingerprint density at radius 3 is 1.81 bits per heavy atom. The van der Waals surface area contributed by atoms with E-state index in [1.807, 2.05) is 0 Å². The molecule has 1 atom stereocenters. The van der Waals surface area contributed by atoms with Crippen LogP contribution in [-0.2, 0) is 0 Å². The molecule has 0 heterocycles. The van der Waals surface area contributed by atoms with Gasteiger partial charge in [0, 0.05) is 0 Å². The lowest BCUT2D eigenvalue weighted by atomic mass is 10.1. The van der Waals surface area contributed by atoms with Gasteiger partial charge in [0.15, 0.2) is 0 Å². The van der Waals surface area contributed by atoms with Crippen LogP contribution in [0.15, 0.2) is 23.4 Å². The molecule has 0 saturated carbocycles. The molecule has 1 aliphatic carbocycles. The molecule has 0 fully saturated rings. The highest BCUT2D eigenvalue weighted by atomic mass is 28.4. The zero-order valence-electron chi connectivity index (χ0n) is 15.9. The smallest absolute Gasteiger partial charge is 0.112 e. The number of allylic oxidation sites excluding steroid dienone is 4. The fourth-order valence-corrected chi connectivity index (χ4v) is 14.4. The Kier molecular flexibility index (Phi) is 6.09. The molecule has 4 heteroatoms. The number of rotatable bonds is 7. The largest absolute Gasteiger partial charge is 0.346 e. The van der Waals surface area contributed by atoms with Crippen molar-refractivity contribution < 1.29 is 0 Å². The van der Waals surface area contributed by atoms with Crippen molar-refractivity contribution in [2.24, 2.45) is 5.92 Å². The summed E-state index contributed by atoms with van der Waals surface area (Å²) in [4.78, 5) is 0. The minimum Gasteiger partial charge on any atom is -0.346 e. The van der Waals surface area contributed by atoms with E-state index in [0.717, 1.165) is 0 Å². The molecule has 0 saturated heterocycles. The molecule has 0 amide bonds. The average molecular weight is 340 g/mol. The zero-order chi connectivity index (χ0) is 16.5. The van der Waals surface area contributed by atoms with Crippen LogP contribution in [0, 0.1) is 5.92 Å². The lowest BCUT2D eigenvalue weighted by Crippen LogP contribution is -2.59. The Balaban J connectivity index is 2.54. The maximum Gasteiger partial charge on any atom is 0.112 e. The highest BCUT2D eigenvalue weighted by Gasteiger charge is 2.33. The summed E-state index contributed by atoms with van der Waals surface area (Å²) in [5.74, 6) is 0.705. The quantitative estimate of drug-likeness (QED) is 0.535. The molecule has 1 unspecified atom stereocenters. The first-order valence-corrected chi connectivity index (χ1v) is 18.9. The standard InChI is InChI=1S/C17H37NSi3/c1-19(2,3)17-13-12-16(15-17)11-10-14-18(20(4,5)6)21(7,8)9/h12-13,15-16H,10-11,14H2,1-9H3. The Hall–Kier alpha value is 0.0906. The van der Waals surface area contributed by atoms with Gasteiger partial charge in [-0.3, -0.25) is 0 Å². The second kappa shape index (κ2) is 6.69. The lowest BCUT2D eigenvalue weighted by Gasteiger charge is -2.43. The third-order valence-electron chi connectivity index (χ3n) is 4.32. The van der Waals surface area contributed by atoms with Gasteiger partial charge in [0.05, 0.1) is 8.07 Å². The molecule has 0 N–H and O–H groups in total. The van der Waals surface area contributed by atoms with E-state index in [1.54, 1.807) is 5.20 Å². The van der Waals surface area contributed by atoms with Gasteiger partial charge in [0.25, 0.3) is 0 Å². The third-order valence-corrected chi connectivity index (χ3v) is 14.1. The summed E-state index contributed by atoms with van der Waals surface area (Å²) < 4.78 is 2.92. The normalized spacial score (nSPS) is 20.3. The van der Waals surface area contributed by atoms with Crippen LogP contribution >= 0.6 is 0 Å². The Bertz CT molecular complexity index is 391. The van der Waals surface area contributed by atoms with Crippen LogP contribution in [-0.4, -0.2) is 35.3 Å². The Morgan fingerprint density at radius 2 is 1.43 bits per heavy atom. The van der Waals surface area contributed by atoms with Crippen molar-refractivity contribution in [3.05, 3.63) is 23.4 Å². The van der Waals surface area contributed by atoms with E-state index in [2.05, 4.69) is 81.4 Å². The van der Waals surface area contributed by atoms with E-state index in [-0.39, 0.29) is 0 Å². The lowest BCUT2D eigenvalue weighted by molar-refractivity contribution is 0.539. The van der Waals surface area contributed by atoms with Crippen LogP contribution in [0.2, 0.25) is 58.9 Å². The van der Waals surface area contributed by atoms with Crippen LogP contribution in [0.3, 0.4) is 0 Å². The van der Waals surface area contributed by atoms with Crippen molar-refractivity contribution in [1.82, 2.24) is 4.23 Å². The highest BCUT2D eigenvalue weighted by molar-refractivity contribution is 6.89. The molecule has 1 aliphatic rings. The first-order chi connectivity index (χ1) is 9.32. The van der Waals surface area contributed by atoms with Crippen LogP contribution < -0.4 is 0 Å².